The molecule has 1 aromatic rings. The summed E-state index contributed by atoms with van der Waals surface area (Å²) in [5, 5.41) is 7.11. The SMILES string of the molecule is CCC(C)(C)C(=O)Nn1cnnc1N. The summed E-state index contributed by atoms with van der Waals surface area (Å²) in [5.74, 6) is 0.0664. The molecule has 0 atom stereocenters. The van der Waals surface area contributed by atoms with Crippen LogP contribution in [0.2, 0.25) is 0 Å². The number of carbonyl (C=O) groups excluding carboxylic acids is 1. The van der Waals surface area contributed by atoms with Gasteiger partial charge in [-0.2, -0.15) is 0 Å². The standard InChI is InChI=1S/C8H15N5O/c1-4-8(2,3)6(14)12-13-5-10-11-7(13)9/h5H,4H2,1-3H3,(H2,9,11)(H,12,14). The van der Waals surface area contributed by atoms with E-state index >= 15 is 0 Å². The number of nitrogens with two attached hydrogens (primary N) is 1. The second-order valence-corrected chi connectivity index (χ2v) is 3.74. The summed E-state index contributed by atoms with van der Waals surface area (Å²) in [4.78, 5) is 11.7. The molecule has 0 bridgehead atoms. The summed E-state index contributed by atoms with van der Waals surface area (Å²) in [7, 11) is 0. The van der Waals surface area contributed by atoms with Crippen LogP contribution in [-0.4, -0.2) is 20.8 Å². The fraction of sp³-hybridized carbons (Fsp3) is 0.625. The summed E-state index contributed by atoms with van der Waals surface area (Å²) >= 11 is 0. The van der Waals surface area contributed by atoms with Gasteiger partial charge in [0.1, 0.15) is 6.33 Å². The van der Waals surface area contributed by atoms with Crippen molar-refractivity contribution in [2.45, 2.75) is 27.2 Å². The predicted octanol–water partition coefficient (Wildman–Crippen LogP) is 0.367. The largest absolute Gasteiger partial charge is 0.366 e. The van der Waals surface area contributed by atoms with Crippen molar-refractivity contribution >= 4 is 11.9 Å². The summed E-state index contributed by atoms with van der Waals surface area (Å²) in [6.07, 6.45) is 2.11. The highest BCUT2D eigenvalue weighted by Gasteiger charge is 2.25. The normalized spacial score (nSPS) is 11.4. The number of anilines is 1. The lowest BCUT2D eigenvalue weighted by Gasteiger charge is -2.21. The number of nitrogens with one attached hydrogen (secondary N) is 1. The van der Waals surface area contributed by atoms with Crippen LogP contribution in [0.3, 0.4) is 0 Å². The summed E-state index contributed by atoms with van der Waals surface area (Å²) in [6, 6.07) is 0. The Balaban J connectivity index is 2.71. The first-order valence-corrected chi connectivity index (χ1v) is 4.44. The number of amides is 1. The molecule has 0 fully saturated rings. The quantitative estimate of drug-likeness (QED) is 0.732. The first-order valence-electron chi connectivity index (χ1n) is 4.44. The Kier molecular flexibility index (Phi) is 2.73. The van der Waals surface area contributed by atoms with Crippen molar-refractivity contribution in [3.63, 3.8) is 0 Å². The summed E-state index contributed by atoms with van der Waals surface area (Å²) in [5.41, 5.74) is 7.64. The zero-order valence-electron chi connectivity index (χ0n) is 8.61. The number of aromatic nitrogens is 3. The highest BCUT2D eigenvalue weighted by Crippen LogP contribution is 2.19. The number of hydrogen-bond acceptors (Lipinski definition) is 4. The van der Waals surface area contributed by atoms with Gasteiger partial charge in [0.25, 0.3) is 0 Å². The van der Waals surface area contributed by atoms with Crippen LogP contribution in [0.1, 0.15) is 27.2 Å². The summed E-state index contributed by atoms with van der Waals surface area (Å²) < 4.78 is 1.31. The lowest BCUT2D eigenvalue weighted by atomic mass is 9.90. The average Bonchev–Trinajstić information content (AvgIpc) is 2.52. The zero-order chi connectivity index (χ0) is 10.8. The van der Waals surface area contributed by atoms with E-state index < -0.39 is 5.41 Å². The fourth-order valence-corrected chi connectivity index (χ4v) is 0.751. The van der Waals surface area contributed by atoms with Gasteiger partial charge in [0.05, 0.1) is 0 Å². The van der Waals surface area contributed by atoms with Crippen molar-refractivity contribution in [2.24, 2.45) is 5.41 Å². The van der Waals surface area contributed by atoms with Gasteiger partial charge >= 0.3 is 0 Å². The maximum Gasteiger partial charge on any atom is 0.244 e. The van der Waals surface area contributed by atoms with Gasteiger partial charge in [-0.05, 0) is 6.42 Å². The molecule has 1 amide bonds. The molecule has 6 heteroatoms. The van der Waals surface area contributed by atoms with E-state index in [1.165, 1.54) is 11.0 Å². The first kappa shape index (κ1) is 10.5. The summed E-state index contributed by atoms with van der Waals surface area (Å²) in [6.45, 7) is 5.68. The smallest absolute Gasteiger partial charge is 0.244 e. The number of nitrogen functional groups attached to an aromatic ring is 1. The zero-order valence-corrected chi connectivity index (χ0v) is 8.61. The Morgan fingerprint density at radius 1 is 1.71 bits per heavy atom. The van der Waals surface area contributed by atoms with Crippen molar-refractivity contribution in [1.82, 2.24) is 14.9 Å². The van der Waals surface area contributed by atoms with Gasteiger partial charge in [0, 0.05) is 5.41 Å². The van der Waals surface area contributed by atoms with E-state index in [4.69, 9.17) is 5.73 Å². The highest BCUT2D eigenvalue weighted by molar-refractivity contribution is 5.88. The Morgan fingerprint density at radius 3 is 2.79 bits per heavy atom. The molecular formula is C8H15N5O. The lowest BCUT2D eigenvalue weighted by Crippen LogP contribution is -2.35. The van der Waals surface area contributed by atoms with E-state index in [0.717, 1.165) is 6.42 Å². The first-order chi connectivity index (χ1) is 6.47. The topological polar surface area (TPSA) is 85.8 Å². The van der Waals surface area contributed by atoms with E-state index in [1.54, 1.807) is 0 Å². The molecule has 3 N–H and O–H groups in total. The van der Waals surface area contributed by atoms with E-state index in [-0.39, 0.29) is 11.9 Å². The molecule has 0 spiro atoms. The third kappa shape index (κ3) is 2.01. The van der Waals surface area contributed by atoms with Crippen molar-refractivity contribution in [1.29, 1.82) is 0 Å². The van der Waals surface area contributed by atoms with Gasteiger partial charge in [-0.15, -0.1) is 10.2 Å². The van der Waals surface area contributed by atoms with Crippen molar-refractivity contribution in [2.75, 3.05) is 11.2 Å². The molecule has 1 heterocycles. The maximum atomic E-state index is 11.7. The monoisotopic (exact) mass is 197 g/mol. The van der Waals surface area contributed by atoms with Crippen molar-refractivity contribution < 1.29 is 4.79 Å². The molecule has 1 aromatic heterocycles. The van der Waals surface area contributed by atoms with Crippen LogP contribution in [0.25, 0.3) is 0 Å². The molecule has 78 valence electrons. The third-order valence-corrected chi connectivity index (χ3v) is 2.29. The number of carbonyl (C=O) groups is 1. The molecule has 6 nitrogen and oxygen atoms in total. The average molecular weight is 197 g/mol. The Bertz CT molecular complexity index is 330. The molecule has 0 saturated carbocycles. The van der Waals surface area contributed by atoms with Crippen LogP contribution < -0.4 is 11.2 Å². The van der Waals surface area contributed by atoms with Gasteiger partial charge < -0.3 is 5.73 Å². The predicted molar refractivity (Wildman–Crippen MR) is 52.9 cm³/mol. The second kappa shape index (κ2) is 3.65. The minimum absolute atomic E-state index is 0.105. The molecule has 0 aliphatic heterocycles. The number of rotatable bonds is 3. The highest BCUT2D eigenvalue weighted by atomic mass is 16.2. The Labute approximate surface area is 82.5 Å². The molecule has 0 saturated heterocycles. The Morgan fingerprint density at radius 2 is 2.36 bits per heavy atom. The minimum atomic E-state index is -0.420. The van der Waals surface area contributed by atoms with Gasteiger partial charge in [-0.1, -0.05) is 20.8 Å². The maximum absolute atomic E-state index is 11.7. The van der Waals surface area contributed by atoms with Gasteiger partial charge in [0.2, 0.25) is 11.9 Å². The molecule has 0 unspecified atom stereocenters. The molecule has 0 aromatic carbocycles. The molecular weight excluding hydrogens is 182 g/mol. The van der Waals surface area contributed by atoms with Crippen LogP contribution in [0.15, 0.2) is 6.33 Å². The van der Waals surface area contributed by atoms with Gasteiger partial charge in [-0.25, -0.2) is 4.68 Å². The van der Waals surface area contributed by atoms with Crippen LogP contribution >= 0.6 is 0 Å². The molecule has 0 radical (unpaired) electrons. The van der Waals surface area contributed by atoms with Gasteiger partial charge in [-0.3, -0.25) is 10.2 Å². The fourth-order valence-electron chi connectivity index (χ4n) is 0.751. The van der Waals surface area contributed by atoms with Crippen LogP contribution in [-0.2, 0) is 4.79 Å². The van der Waals surface area contributed by atoms with Gasteiger partial charge in [0.15, 0.2) is 0 Å². The van der Waals surface area contributed by atoms with Crippen LogP contribution in [0.5, 0.6) is 0 Å². The number of nitrogens with zero attached hydrogens (tertiary/aromatic N) is 3. The van der Waals surface area contributed by atoms with Crippen molar-refractivity contribution in [3.05, 3.63) is 6.33 Å². The molecule has 0 aliphatic rings. The van der Waals surface area contributed by atoms with E-state index in [2.05, 4.69) is 15.6 Å². The lowest BCUT2D eigenvalue weighted by molar-refractivity contribution is -0.125. The van der Waals surface area contributed by atoms with E-state index in [0.29, 0.717) is 0 Å². The van der Waals surface area contributed by atoms with Crippen LogP contribution in [0, 0.1) is 5.41 Å². The molecule has 14 heavy (non-hydrogen) atoms. The molecule has 1 rings (SSSR count). The van der Waals surface area contributed by atoms with E-state index in [9.17, 15) is 4.79 Å². The number of hydrogen-bond donors (Lipinski definition) is 2. The van der Waals surface area contributed by atoms with E-state index in [1.807, 2.05) is 20.8 Å². The van der Waals surface area contributed by atoms with Crippen LogP contribution in [0.4, 0.5) is 5.95 Å². The third-order valence-electron chi connectivity index (χ3n) is 2.29. The second-order valence-electron chi connectivity index (χ2n) is 3.74. The van der Waals surface area contributed by atoms with Crippen molar-refractivity contribution in [3.8, 4) is 0 Å². The molecule has 0 aliphatic carbocycles. The minimum Gasteiger partial charge on any atom is -0.366 e. The Hall–Kier alpha value is -1.59.